The zero-order valence-corrected chi connectivity index (χ0v) is 9.95. The summed E-state index contributed by atoms with van der Waals surface area (Å²) in [4.78, 5) is 2.42. The lowest BCUT2D eigenvalue weighted by molar-refractivity contribution is 0.917. The minimum absolute atomic E-state index is 0.0382. The van der Waals surface area contributed by atoms with E-state index in [2.05, 4.69) is 38.8 Å². The molecule has 13 heavy (non-hydrogen) atoms. The number of halogens is 1. The van der Waals surface area contributed by atoms with Gasteiger partial charge in [-0.3, -0.25) is 0 Å². The smallest absolute Gasteiger partial charge is 0.0740 e. The SMILES string of the molecule is NC(c1cccs1)c1cc(Br)cs1. The van der Waals surface area contributed by atoms with Crippen LogP contribution in [0.1, 0.15) is 15.8 Å². The fourth-order valence-corrected chi connectivity index (χ4v) is 3.38. The summed E-state index contributed by atoms with van der Waals surface area (Å²) in [6, 6.07) is 6.22. The number of hydrogen-bond donors (Lipinski definition) is 1. The highest BCUT2D eigenvalue weighted by molar-refractivity contribution is 9.10. The van der Waals surface area contributed by atoms with Crippen molar-refractivity contribution in [2.45, 2.75) is 6.04 Å². The van der Waals surface area contributed by atoms with Crippen LogP contribution in [0.3, 0.4) is 0 Å². The largest absolute Gasteiger partial charge is 0.319 e. The Morgan fingerprint density at radius 1 is 1.31 bits per heavy atom. The molecule has 68 valence electrons. The van der Waals surface area contributed by atoms with Crippen molar-refractivity contribution in [2.24, 2.45) is 5.73 Å². The van der Waals surface area contributed by atoms with E-state index in [9.17, 15) is 0 Å². The Morgan fingerprint density at radius 3 is 2.69 bits per heavy atom. The Bertz CT molecular complexity index is 380. The minimum atomic E-state index is 0.0382. The maximum atomic E-state index is 6.07. The Morgan fingerprint density at radius 2 is 2.15 bits per heavy atom. The van der Waals surface area contributed by atoms with Gasteiger partial charge in [0.15, 0.2) is 0 Å². The van der Waals surface area contributed by atoms with Crippen LogP contribution in [0.4, 0.5) is 0 Å². The van der Waals surface area contributed by atoms with E-state index in [-0.39, 0.29) is 6.04 Å². The topological polar surface area (TPSA) is 26.0 Å². The summed E-state index contributed by atoms with van der Waals surface area (Å²) < 4.78 is 1.11. The summed E-state index contributed by atoms with van der Waals surface area (Å²) in [5.41, 5.74) is 6.07. The standard InChI is InChI=1S/C9H8BrNS2/c10-6-4-8(13-5-6)9(11)7-2-1-3-12-7/h1-5,9H,11H2. The van der Waals surface area contributed by atoms with Crippen molar-refractivity contribution in [1.29, 1.82) is 0 Å². The van der Waals surface area contributed by atoms with E-state index in [1.54, 1.807) is 22.7 Å². The van der Waals surface area contributed by atoms with Crippen LogP contribution >= 0.6 is 38.6 Å². The molecule has 2 heterocycles. The zero-order valence-electron chi connectivity index (χ0n) is 6.74. The first-order valence-electron chi connectivity index (χ1n) is 3.80. The van der Waals surface area contributed by atoms with Gasteiger partial charge in [-0.15, -0.1) is 22.7 Å². The summed E-state index contributed by atoms with van der Waals surface area (Å²) in [6.45, 7) is 0. The number of thiophene rings is 2. The van der Waals surface area contributed by atoms with E-state index in [1.165, 1.54) is 9.75 Å². The molecule has 0 aliphatic heterocycles. The Labute approximate surface area is 93.3 Å². The molecule has 0 spiro atoms. The third kappa shape index (κ3) is 2.02. The molecule has 2 N–H and O–H groups in total. The van der Waals surface area contributed by atoms with Gasteiger partial charge in [0, 0.05) is 19.6 Å². The molecule has 0 aliphatic rings. The molecule has 0 radical (unpaired) electrons. The van der Waals surface area contributed by atoms with Crippen LogP contribution in [0.5, 0.6) is 0 Å². The van der Waals surface area contributed by atoms with Crippen molar-refractivity contribution in [3.63, 3.8) is 0 Å². The summed E-state index contributed by atoms with van der Waals surface area (Å²) in [7, 11) is 0. The van der Waals surface area contributed by atoms with Gasteiger partial charge in [-0.2, -0.15) is 0 Å². The van der Waals surface area contributed by atoms with Crippen molar-refractivity contribution >= 4 is 38.6 Å². The molecule has 2 rings (SSSR count). The molecule has 1 atom stereocenters. The molecule has 2 aromatic rings. The predicted octanol–water partition coefficient (Wildman–Crippen LogP) is 3.62. The highest BCUT2D eigenvalue weighted by Gasteiger charge is 2.11. The Kier molecular flexibility index (Phi) is 2.83. The van der Waals surface area contributed by atoms with Gasteiger partial charge in [0.1, 0.15) is 0 Å². The van der Waals surface area contributed by atoms with Gasteiger partial charge in [0.2, 0.25) is 0 Å². The number of hydrogen-bond acceptors (Lipinski definition) is 3. The Balaban J connectivity index is 2.28. The lowest BCUT2D eigenvalue weighted by atomic mass is 10.2. The molecular weight excluding hydrogens is 266 g/mol. The van der Waals surface area contributed by atoms with Gasteiger partial charge in [-0.05, 0) is 33.4 Å². The van der Waals surface area contributed by atoms with Crippen molar-refractivity contribution < 1.29 is 0 Å². The summed E-state index contributed by atoms with van der Waals surface area (Å²) in [6.07, 6.45) is 0. The fraction of sp³-hybridized carbons (Fsp3) is 0.111. The van der Waals surface area contributed by atoms with Crippen LogP contribution in [0, 0.1) is 0 Å². The number of nitrogens with two attached hydrogens (primary N) is 1. The highest BCUT2D eigenvalue weighted by atomic mass is 79.9. The second-order valence-electron chi connectivity index (χ2n) is 2.66. The first kappa shape index (κ1) is 9.40. The molecule has 2 aromatic heterocycles. The average Bonchev–Trinajstić information content (AvgIpc) is 2.72. The van der Waals surface area contributed by atoms with Crippen LogP contribution in [-0.4, -0.2) is 0 Å². The average molecular weight is 274 g/mol. The third-order valence-corrected chi connectivity index (χ3v) is 4.48. The second-order valence-corrected chi connectivity index (χ2v) is 5.50. The van der Waals surface area contributed by atoms with Crippen LogP contribution in [0.25, 0.3) is 0 Å². The molecule has 0 saturated carbocycles. The molecule has 0 aliphatic carbocycles. The van der Waals surface area contributed by atoms with Gasteiger partial charge in [-0.25, -0.2) is 0 Å². The van der Waals surface area contributed by atoms with E-state index < -0.39 is 0 Å². The van der Waals surface area contributed by atoms with Crippen molar-refractivity contribution in [3.05, 3.63) is 43.2 Å². The van der Waals surface area contributed by atoms with Crippen molar-refractivity contribution in [3.8, 4) is 0 Å². The van der Waals surface area contributed by atoms with Gasteiger partial charge in [0.25, 0.3) is 0 Å². The Hall–Kier alpha value is -0.160. The fourth-order valence-electron chi connectivity index (χ4n) is 1.10. The molecule has 0 bridgehead atoms. The summed E-state index contributed by atoms with van der Waals surface area (Å²) in [5, 5.41) is 4.11. The lowest BCUT2D eigenvalue weighted by Gasteiger charge is -2.05. The van der Waals surface area contributed by atoms with Gasteiger partial charge in [0.05, 0.1) is 6.04 Å². The van der Waals surface area contributed by atoms with E-state index in [1.807, 2.05) is 6.07 Å². The van der Waals surface area contributed by atoms with Gasteiger partial charge < -0.3 is 5.73 Å². The van der Waals surface area contributed by atoms with Gasteiger partial charge in [-0.1, -0.05) is 6.07 Å². The molecule has 0 fully saturated rings. The zero-order chi connectivity index (χ0) is 9.26. The molecule has 0 saturated heterocycles. The van der Waals surface area contributed by atoms with E-state index in [4.69, 9.17) is 5.73 Å². The molecule has 0 amide bonds. The molecule has 0 aromatic carbocycles. The third-order valence-electron chi connectivity index (χ3n) is 1.74. The van der Waals surface area contributed by atoms with Crippen molar-refractivity contribution in [1.82, 2.24) is 0 Å². The van der Waals surface area contributed by atoms with Gasteiger partial charge >= 0.3 is 0 Å². The van der Waals surface area contributed by atoms with Crippen LogP contribution in [-0.2, 0) is 0 Å². The quantitative estimate of drug-likeness (QED) is 0.889. The normalized spacial score (nSPS) is 13.1. The van der Waals surface area contributed by atoms with Crippen LogP contribution in [0.15, 0.2) is 33.4 Å². The number of rotatable bonds is 2. The molecular formula is C9H8BrNS2. The van der Waals surface area contributed by atoms with E-state index in [0.29, 0.717) is 0 Å². The summed E-state index contributed by atoms with van der Waals surface area (Å²) in [5.74, 6) is 0. The minimum Gasteiger partial charge on any atom is -0.319 e. The maximum absolute atomic E-state index is 6.07. The molecule has 1 unspecified atom stereocenters. The first-order chi connectivity index (χ1) is 6.27. The second kappa shape index (κ2) is 3.92. The van der Waals surface area contributed by atoms with E-state index in [0.717, 1.165) is 4.47 Å². The van der Waals surface area contributed by atoms with E-state index >= 15 is 0 Å². The maximum Gasteiger partial charge on any atom is 0.0740 e. The first-order valence-corrected chi connectivity index (χ1v) is 6.35. The monoisotopic (exact) mass is 273 g/mol. The van der Waals surface area contributed by atoms with Crippen LogP contribution < -0.4 is 5.73 Å². The van der Waals surface area contributed by atoms with Crippen molar-refractivity contribution in [2.75, 3.05) is 0 Å². The summed E-state index contributed by atoms with van der Waals surface area (Å²) >= 11 is 6.81. The predicted molar refractivity (Wildman–Crippen MR) is 62.4 cm³/mol. The van der Waals surface area contributed by atoms with Crippen LogP contribution in [0.2, 0.25) is 0 Å². The molecule has 1 nitrogen and oxygen atoms in total. The lowest BCUT2D eigenvalue weighted by Crippen LogP contribution is -2.07. The molecule has 4 heteroatoms. The highest BCUT2D eigenvalue weighted by Crippen LogP contribution is 2.30.